The van der Waals surface area contributed by atoms with Gasteiger partial charge in [0.15, 0.2) is 0 Å². The van der Waals surface area contributed by atoms with Gasteiger partial charge in [0.2, 0.25) is 0 Å². The lowest BCUT2D eigenvalue weighted by molar-refractivity contribution is -0.138. The minimum Gasteiger partial charge on any atom is -0.481 e. The second-order valence-corrected chi connectivity index (χ2v) is 5.55. The highest BCUT2D eigenvalue weighted by Crippen LogP contribution is 2.21. The molecular weight excluding hydrogens is 270 g/mol. The molecule has 1 N–H and O–H groups in total. The van der Waals surface area contributed by atoms with Crippen LogP contribution in [0.5, 0.6) is 0 Å². The predicted octanol–water partition coefficient (Wildman–Crippen LogP) is 1.79. The van der Waals surface area contributed by atoms with E-state index >= 15 is 0 Å². The molecule has 21 heavy (non-hydrogen) atoms. The van der Waals surface area contributed by atoms with E-state index in [1.807, 2.05) is 19.9 Å². The SMILES string of the molecule is CCc1cc(C(=O)N2CCCC(CC(=O)O)C2)n(CC)n1. The van der Waals surface area contributed by atoms with Crippen LogP contribution in [-0.2, 0) is 17.8 Å². The Balaban J connectivity index is 2.11. The number of carboxylic acids is 1. The number of rotatable bonds is 5. The quantitative estimate of drug-likeness (QED) is 0.898. The predicted molar refractivity (Wildman–Crippen MR) is 78.2 cm³/mol. The van der Waals surface area contributed by atoms with Crippen LogP contribution in [0.1, 0.15) is 49.3 Å². The smallest absolute Gasteiger partial charge is 0.303 e. The minimum atomic E-state index is -0.791. The Kier molecular flexibility index (Phi) is 4.98. The monoisotopic (exact) mass is 293 g/mol. The first-order chi connectivity index (χ1) is 10.0. The molecule has 116 valence electrons. The van der Waals surface area contributed by atoms with E-state index in [-0.39, 0.29) is 18.2 Å². The normalized spacial score (nSPS) is 18.8. The molecular formula is C15H23N3O3. The summed E-state index contributed by atoms with van der Waals surface area (Å²) in [4.78, 5) is 25.3. The molecule has 1 aromatic rings. The van der Waals surface area contributed by atoms with Crippen molar-refractivity contribution in [2.75, 3.05) is 13.1 Å². The molecule has 1 fully saturated rings. The molecule has 0 spiro atoms. The van der Waals surface area contributed by atoms with Crippen LogP contribution in [-0.4, -0.2) is 44.8 Å². The van der Waals surface area contributed by atoms with E-state index in [0.29, 0.717) is 25.3 Å². The van der Waals surface area contributed by atoms with Crippen molar-refractivity contribution in [1.29, 1.82) is 0 Å². The molecule has 2 rings (SSSR count). The number of carbonyl (C=O) groups is 2. The van der Waals surface area contributed by atoms with Gasteiger partial charge in [-0.15, -0.1) is 0 Å². The molecule has 1 amide bonds. The maximum absolute atomic E-state index is 12.7. The number of hydrogen-bond donors (Lipinski definition) is 1. The summed E-state index contributed by atoms with van der Waals surface area (Å²) in [5.74, 6) is -0.760. The van der Waals surface area contributed by atoms with Crippen molar-refractivity contribution >= 4 is 11.9 Å². The highest BCUT2D eigenvalue weighted by molar-refractivity contribution is 5.92. The Morgan fingerprint density at radius 2 is 2.19 bits per heavy atom. The molecule has 2 heterocycles. The number of aliphatic carboxylic acids is 1. The van der Waals surface area contributed by atoms with Crippen LogP contribution in [0, 0.1) is 5.92 Å². The lowest BCUT2D eigenvalue weighted by Gasteiger charge is -2.32. The Bertz CT molecular complexity index is 524. The van der Waals surface area contributed by atoms with Crippen LogP contribution >= 0.6 is 0 Å². The molecule has 0 aromatic carbocycles. The number of carbonyl (C=O) groups excluding carboxylic acids is 1. The fraction of sp³-hybridized carbons (Fsp3) is 0.667. The number of aromatic nitrogens is 2. The van der Waals surface area contributed by atoms with Gasteiger partial charge in [0.25, 0.3) is 5.91 Å². The van der Waals surface area contributed by atoms with Crippen LogP contribution in [0.15, 0.2) is 6.07 Å². The Hall–Kier alpha value is -1.85. The van der Waals surface area contributed by atoms with Gasteiger partial charge in [-0.3, -0.25) is 14.3 Å². The summed E-state index contributed by atoms with van der Waals surface area (Å²) in [6, 6.07) is 1.85. The zero-order valence-corrected chi connectivity index (χ0v) is 12.7. The standard InChI is InChI=1S/C15H23N3O3/c1-3-12-9-13(18(4-2)16-12)15(21)17-7-5-6-11(10-17)8-14(19)20/h9,11H,3-8,10H2,1-2H3,(H,19,20). The van der Waals surface area contributed by atoms with Gasteiger partial charge in [-0.05, 0) is 38.2 Å². The molecule has 1 aliphatic heterocycles. The summed E-state index contributed by atoms with van der Waals surface area (Å²) < 4.78 is 1.74. The molecule has 1 atom stereocenters. The zero-order chi connectivity index (χ0) is 15.4. The highest BCUT2D eigenvalue weighted by Gasteiger charge is 2.27. The van der Waals surface area contributed by atoms with Crippen LogP contribution < -0.4 is 0 Å². The van der Waals surface area contributed by atoms with E-state index in [9.17, 15) is 9.59 Å². The van der Waals surface area contributed by atoms with Gasteiger partial charge in [-0.2, -0.15) is 5.10 Å². The second-order valence-electron chi connectivity index (χ2n) is 5.55. The first kappa shape index (κ1) is 15.5. The van der Waals surface area contributed by atoms with E-state index in [1.165, 1.54) is 0 Å². The van der Waals surface area contributed by atoms with Gasteiger partial charge in [0.05, 0.1) is 5.69 Å². The fourth-order valence-electron chi connectivity index (χ4n) is 2.88. The van der Waals surface area contributed by atoms with Crippen molar-refractivity contribution < 1.29 is 14.7 Å². The molecule has 0 aliphatic carbocycles. The molecule has 1 aliphatic rings. The molecule has 1 saturated heterocycles. The van der Waals surface area contributed by atoms with Gasteiger partial charge in [-0.25, -0.2) is 0 Å². The molecule has 1 aromatic heterocycles. The first-order valence-corrected chi connectivity index (χ1v) is 7.62. The van der Waals surface area contributed by atoms with Crippen LogP contribution in [0.25, 0.3) is 0 Å². The fourth-order valence-corrected chi connectivity index (χ4v) is 2.88. The van der Waals surface area contributed by atoms with Crippen LogP contribution in [0.3, 0.4) is 0 Å². The van der Waals surface area contributed by atoms with Gasteiger partial charge in [-0.1, -0.05) is 6.92 Å². The van der Waals surface area contributed by atoms with Crippen LogP contribution in [0.4, 0.5) is 0 Å². The van der Waals surface area contributed by atoms with Gasteiger partial charge in [0.1, 0.15) is 5.69 Å². The van der Waals surface area contributed by atoms with E-state index in [2.05, 4.69) is 5.10 Å². The van der Waals surface area contributed by atoms with Crippen molar-refractivity contribution in [3.05, 3.63) is 17.5 Å². The third-order valence-electron chi connectivity index (χ3n) is 3.98. The third-order valence-corrected chi connectivity index (χ3v) is 3.98. The number of hydrogen-bond acceptors (Lipinski definition) is 3. The maximum Gasteiger partial charge on any atom is 0.303 e. The Labute approximate surface area is 124 Å². The van der Waals surface area contributed by atoms with Crippen molar-refractivity contribution in [3.63, 3.8) is 0 Å². The maximum atomic E-state index is 12.7. The zero-order valence-electron chi connectivity index (χ0n) is 12.7. The second kappa shape index (κ2) is 6.74. The van der Waals surface area contributed by atoms with Gasteiger partial charge >= 0.3 is 5.97 Å². The van der Waals surface area contributed by atoms with Crippen molar-refractivity contribution in [2.24, 2.45) is 5.92 Å². The lowest BCUT2D eigenvalue weighted by Crippen LogP contribution is -2.41. The van der Waals surface area contributed by atoms with Crippen LogP contribution in [0.2, 0.25) is 0 Å². The van der Waals surface area contributed by atoms with E-state index in [0.717, 1.165) is 25.0 Å². The topological polar surface area (TPSA) is 75.4 Å². The van der Waals surface area contributed by atoms with E-state index in [4.69, 9.17) is 5.11 Å². The summed E-state index contributed by atoms with van der Waals surface area (Å²) in [7, 11) is 0. The molecule has 0 radical (unpaired) electrons. The number of piperidine rings is 1. The molecule has 6 nitrogen and oxygen atoms in total. The summed E-state index contributed by atoms with van der Waals surface area (Å²) in [6.07, 6.45) is 2.68. The number of amides is 1. The molecule has 1 unspecified atom stereocenters. The first-order valence-electron chi connectivity index (χ1n) is 7.62. The van der Waals surface area contributed by atoms with E-state index < -0.39 is 5.97 Å². The summed E-state index contributed by atoms with van der Waals surface area (Å²) >= 11 is 0. The minimum absolute atomic E-state index is 0.0286. The molecule has 0 saturated carbocycles. The Morgan fingerprint density at radius 1 is 1.43 bits per heavy atom. The Morgan fingerprint density at radius 3 is 2.81 bits per heavy atom. The summed E-state index contributed by atoms with van der Waals surface area (Å²) in [6.45, 7) is 5.87. The van der Waals surface area contributed by atoms with Crippen molar-refractivity contribution in [2.45, 2.75) is 46.1 Å². The number of nitrogens with zero attached hydrogens (tertiary/aromatic N) is 3. The third kappa shape index (κ3) is 3.62. The molecule has 0 bridgehead atoms. The number of carboxylic acid groups (broad SMARTS) is 1. The number of aryl methyl sites for hydroxylation is 2. The lowest BCUT2D eigenvalue weighted by atomic mass is 9.94. The van der Waals surface area contributed by atoms with Gasteiger partial charge < -0.3 is 10.0 Å². The number of likely N-dealkylation sites (tertiary alicyclic amines) is 1. The largest absolute Gasteiger partial charge is 0.481 e. The average molecular weight is 293 g/mol. The average Bonchev–Trinajstić information content (AvgIpc) is 2.89. The summed E-state index contributed by atoms with van der Waals surface area (Å²) in [5.41, 5.74) is 1.53. The summed E-state index contributed by atoms with van der Waals surface area (Å²) in [5, 5.41) is 13.3. The highest BCUT2D eigenvalue weighted by atomic mass is 16.4. The van der Waals surface area contributed by atoms with Crippen molar-refractivity contribution in [3.8, 4) is 0 Å². The molecule has 6 heteroatoms. The van der Waals surface area contributed by atoms with E-state index in [1.54, 1.807) is 9.58 Å². The van der Waals surface area contributed by atoms with Gasteiger partial charge in [0, 0.05) is 26.1 Å². The van der Waals surface area contributed by atoms with Crippen molar-refractivity contribution in [1.82, 2.24) is 14.7 Å².